The second-order valence-electron chi connectivity index (χ2n) is 6.85. The molecule has 2 aromatic rings. The van der Waals surface area contributed by atoms with Gasteiger partial charge in [0.15, 0.2) is 0 Å². The van der Waals surface area contributed by atoms with Crippen LogP contribution in [0.3, 0.4) is 0 Å². The summed E-state index contributed by atoms with van der Waals surface area (Å²) in [5.41, 5.74) is 8.67. The summed E-state index contributed by atoms with van der Waals surface area (Å²) in [7, 11) is 0. The molecule has 0 fully saturated rings. The van der Waals surface area contributed by atoms with Gasteiger partial charge in [0.25, 0.3) is 0 Å². The Morgan fingerprint density at radius 3 is 2.54 bits per heavy atom. The number of halogens is 2. The normalized spacial score (nSPS) is 17.6. The summed E-state index contributed by atoms with van der Waals surface area (Å²) in [5.74, 6) is -0.434. The molecule has 0 saturated carbocycles. The summed E-state index contributed by atoms with van der Waals surface area (Å²) in [4.78, 5) is 0. The maximum absolute atomic E-state index is 13.3. The molecule has 1 aliphatic heterocycles. The van der Waals surface area contributed by atoms with Gasteiger partial charge in [0.1, 0.15) is 17.4 Å². The minimum atomic E-state index is -0.836. The van der Waals surface area contributed by atoms with Gasteiger partial charge < -0.3 is 20.9 Å². The minimum Gasteiger partial charge on any atom is -0.493 e. The number of ether oxygens (including phenoxy) is 1. The van der Waals surface area contributed by atoms with Crippen molar-refractivity contribution in [2.75, 3.05) is 13.2 Å². The summed E-state index contributed by atoms with van der Waals surface area (Å²) < 4.78 is 32.2. The van der Waals surface area contributed by atoms with Crippen molar-refractivity contribution in [2.24, 2.45) is 5.73 Å². The Morgan fingerprint density at radius 2 is 1.86 bits per heavy atom. The lowest BCUT2D eigenvalue weighted by molar-refractivity contribution is 0.133. The number of hydrogen-bond acceptors (Lipinski definition) is 4. The van der Waals surface area contributed by atoms with Crippen LogP contribution >= 0.6 is 0 Å². The summed E-state index contributed by atoms with van der Waals surface area (Å²) >= 11 is 0. The van der Waals surface area contributed by atoms with E-state index < -0.39 is 23.8 Å². The number of aliphatic hydroxyl groups excluding tert-OH is 1. The van der Waals surface area contributed by atoms with Gasteiger partial charge in [-0.15, -0.1) is 0 Å². The molecule has 0 saturated heterocycles. The van der Waals surface area contributed by atoms with Crippen molar-refractivity contribution >= 4 is 0 Å². The van der Waals surface area contributed by atoms with E-state index in [1.165, 1.54) is 12.1 Å². The number of rotatable bonds is 6. The minimum absolute atomic E-state index is 0.0760. The van der Waals surface area contributed by atoms with E-state index in [-0.39, 0.29) is 19.0 Å². The standard InChI is InChI=1S/C20H24F2N2O2.C2H6/c1-12-2-3-20-16(6-12)18(4-5-26-20)24-11-19(25)17(23)9-13-7-14(21)10-15(22)8-13;1-2/h2-3,6-8,10,17-19,24-25H,4-5,9,11,23H2,1H3;1-2H3/t17-,18?,19+;/m0./s1. The average Bonchev–Trinajstić information content (AvgIpc) is 2.66. The molecule has 4 nitrogen and oxygen atoms in total. The fourth-order valence-electron chi connectivity index (χ4n) is 3.28. The third-order valence-electron chi connectivity index (χ3n) is 4.67. The zero-order valence-electron chi connectivity index (χ0n) is 16.7. The van der Waals surface area contributed by atoms with E-state index in [1.54, 1.807) is 0 Å². The lowest BCUT2D eigenvalue weighted by atomic mass is 9.97. The highest BCUT2D eigenvalue weighted by atomic mass is 19.1. The Balaban J connectivity index is 0.00000136. The van der Waals surface area contributed by atoms with Crippen LogP contribution in [0.5, 0.6) is 5.75 Å². The Kier molecular flexibility index (Phi) is 8.35. The van der Waals surface area contributed by atoms with Crippen molar-refractivity contribution < 1.29 is 18.6 Å². The van der Waals surface area contributed by atoms with Gasteiger partial charge in [0.2, 0.25) is 0 Å². The number of hydrogen-bond donors (Lipinski definition) is 3. The maximum atomic E-state index is 13.3. The number of aliphatic hydroxyl groups is 1. The van der Waals surface area contributed by atoms with Crippen molar-refractivity contribution in [1.29, 1.82) is 0 Å². The summed E-state index contributed by atoms with van der Waals surface area (Å²) in [5, 5.41) is 13.7. The molecule has 0 amide bonds. The van der Waals surface area contributed by atoms with Gasteiger partial charge in [-0.1, -0.05) is 31.5 Å². The van der Waals surface area contributed by atoms with E-state index in [1.807, 2.05) is 32.9 Å². The van der Waals surface area contributed by atoms with Crippen LogP contribution in [0, 0.1) is 18.6 Å². The molecule has 1 aliphatic rings. The van der Waals surface area contributed by atoms with Crippen LogP contribution in [0.15, 0.2) is 36.4 Å². The van der Waals surface area contributed by atoms with Crippen molar-refractivity contribution in [2.45, 2.75) is 51.8 Å². The molecule has 1 heterocycles. The molecule has 3 atom stereocenters. The molecule has 1 unspecified atom stereocenters. The molecular weight excluding hydrogens is 362 g/mol. The van der Waals surface area contributed by atoms with Crippen LogP contribution in [-0.4, -0.2) is 30.4 Å². The number of aryl methyl sites for hydroxylation is 1. The average molecular weight is 392 g/mol. The molecule has 0 aliphatic carbocycles. The van der Waals surface area contributed by atoms with E-state index in [4.69, 9.17) is 10.5 Å². The fraction of sp³-hybridized carbons (Fsp3) is 0.455. The molecule has 2 aromatic carbocycles. The van der Waals surface area contributed by atoms with Gasteiger partial charge in [-0.3, -0.25) is 0 Å². The van der Waals surface area contributed by atoms with E-state index in [2.05, 4.69) is 11.4 Å². The molecule has 0 spiro atoms. The first-order chi connectivity index (χ1) is 13.4. The molecular formula is C22H30F2N2O2. The summed E-state index contributed by atoms with van der Waals surface area (Å²) in [6, 6.07) is 8.78. The quantitative estimate of drug-likeness (QED) is 0.702. The topological polar surface area (TPSA) is 67.5 Å². The third-order valence-corrected chi connectivity index (χ3v) is 4.67. The first-order valence-electron chi connectivity index (χ1n) is 9.77. The zero-order valence-corrected chi connectivity index (χ0v) is 16.7. The first-order valence-corrected chi connectivity index (χ1v) is 9.77. The van der Waals surface area contributed by atoms with Gasteiger partial charge in [0.05, 0.1) is 12.7 Å². The van der Waals surface area contributed by atoms with E-state index in [0.29, 0.717) is 12.2 Å². The molecule has 3 rings (SSSR count). The van der Waals surface area contributed by atoms with Gasteiger partial charge in [-0.2, -0.15) is 0 Å². The van der Waals surface area contributed by atoms with Crippen LogP contribution in [0.1, 0.15) is 43.0 Å². The lowest BCUT2D eigenvalue weighted by Crippen LogP contribution is -2.44. The highest BCUT2D eigenvalue weighted by Crippen LogP contribution is 2.32. The molecule has 28 heavy (non-hydrogen) atoms. The van der Waals surface area contributed by atoms with Gasteiger partial charge >= 0.3 is 0 Å². The number of nitrogens with two attached hydrogens (primary N) is 1. The Hall–Kier alpha value is -2.02. The van der Waals surface area contributed by atoms with E-state index >= 15 is 0 Å². The summed E-state index contributed by atoms with van der Waals surface area (Å²) in [6.07, 6.45) is 0.159. The van der Waals surface area contributed by atoms with Crippen LogP contribution in [-0.2, 0) is 6.42 Å². The van der Waals surface area contributed by atoms with Gasteiger partial charge in [0, 0.05) is 36.7 Å². The van der Waals surface area contributed by atoms with Crippen LogP contribution in [0.25, 0.3) is 0 Å². The predicted octanol–water partition coefficient (Wildman–Crippen LogP) is 3.64. The molecule has 0 aromatic heterocycles. The Morgan fingerprint density at radius 1 is 1.18 bits per heavy atom. The first kappa shape index (κ1) is 22.3. The second kappa shape index (κ2) is 10.5. The monoisotopic (exact) mass is 392 g/mol. The molecule has 4 N–H and O–H groups in total. The smallest absolute Gasteiger partial charge is 0.126 e. The predicted molar refractivity (Wildman–Crippen MR) is 107 cm³/mol. The van der Waals surface area contributed by atoms with Crippen molar-refractivity contribution in [3.05, 3.63) is 64.7 Å². The third kappa shape index (κ3) is 5.99. The Labute approximate surface area is 165 Å². The van der Waals surface area contributed by atoms with Crippen molar-refractivity contribution in [3.63, 3.8) is 0 Å². The Bertz CT molecular complexity index is 750. The molecule has 0 bridgehead atoms. The molecule has 154 valence electrons. The molecule has 6 heteroatoms. The van der Waals surface area contributed by atoms with Gasteiger partial charge in [-0.05, 0) is 37.1 Å². The zero-order chi connectivity index (χ0) is 20.7. The van der Waals surface area contributed by atoms with E-state index in [9.17, 15) is 13.9 Å². The van der Waals surface area contributed by atoms with Crippen LogP contribution in [0.2, 0.25) is 0 Å². The van der Waals surface area contributed by atoms with Gasteiger partial charge in [-0.25, -0.2) is 8.78 Å². The van der Waals surface area contributed by atoms with Crippen LogP contribution in [0.4, 0.5) is 8.78 Å². The molecule has 0 radical (unpaired) electrons. The highest BCUT2D eigenvalue weighted by Gasteiger charge is 2.23. The van der Waals surface area contributed by atoms with Crippen molar-refractivity contribution in [1.82, 2.24) is 5.32 Å². The number of nitrogens with one attached hydrogen (secondary N) is 1. The SMILES string of the molecule is CC.Cc1ccc2c(c1)C(NC[C@@H](O)[C@@H](N)Cc1cc(F)cc(F)c1)CCO2. The van der Waals surface area contributed by atoms with E-state index in [0.717, 1.165) is 29.4 Å². The van der Waals surface area contributed by atoms with Crippen molar-refractivity contribution in [3.8, 4) is 5.75 Å². The van der Waals surface area contributed by atoms with Crippen LogP contribution < -0.4 is 15.8 Å². The highest BCUT2D eigenvalue weighted by molar-refractivity contribution is 5.40. The maximum Gasteiger partial charge on any atom is 0.126 e. The number of benzene rings is 2. The fourth-order valence-corrected chi connectivity index (χ4v) is 3.28. The number of fused-ring (bicyclic) bond motifs is 1. The second-order valence-corrected chi connectivity index (χ2v) is 6.85. The summed E-state index contributed by atoms with van der Waals surface area (Å²) in [6.45, 7) is 6.92. The lowest BCUT2D eigenvalue weighted by Gasteiger charge is -2.29. The largest absolute Gasteiger partial charge is 0.493 e.